The second kappa shape index (κ2) is 9.27. The van der Waals surface area contributed by atoms with Gasteiger partial charge in [0.15, 0.2) is 0 Å². The van der Waals surface area contributed by atoms with Crippen LogP contribution in [0.15, 0.2) is 54.7 Å². The van der Waals surface area contributed by atoms with Crippen molar-refractivity contribution in [1.29, 1.82) is 0 Å². The lowest BCUT2D eigenvalue weighted by atomic mass is 10.1. The van der Waals surface area contributed by atoms with Gasteiger partial charge in [0.1, 0.15) is 0 Å². The number of fused-ring (bicyclic) bond motifs is 1. The Morgan fingerprint density at radius 2 is 1.70 bits per heavy atom. The van der Waals surface area contributed by atoms with Crippen molar-refractivity contribution in [3.05, 3.63) is 65.9 Å². The molecular formula is C24H25F3N4O2. The molecule has 1 aliphatic heterocycles. The number of alkyl halides is 3. The fourth-order valence-electron chi connectivity index (χ4n) is 4.25. The van der Waals surface area contributed by atoms with E-state index in [0.717, 1.165) is 17.0 Å². The third kappa shape index (κ3) is 5.03. The highest BCUT2D eigenvalue weighted by molar-refractivity contribution is 6.07. The number of carbonyl (C=O) groups is 2. The van der Waals surface area contributed by atoms with Crippen molar-refractivity contribution in [1.82, 2.24) is 14.4 Å². The van der Waals surface area contributed by atoms with Crippen molar-refractivity contribution >= 4 is 28.4 Å². The molecule has 3 aromatic rings. The van der Waals surface area contributed by atoms with Crippen LogP contribution in [0.3, 0.4) is 0 Å². The molecule has 1 fully saturated rings. The molecule has 2 amide bonds. The minimum atomic E-state index is -4.55. The highest BCUT2D eigenvalue weighted by Crippen LogP contribution is 2.34. The summed E-state index contributed by atoms with van der Waals surface area (Å²) in [6.07, 6.45) is -2.04. The van der Waals surface area contributed by atoms with Crippen LogP contribution in [0.1, 0.15) is 22.3 Å². The standard InChI is InChI=1S/C24H25F3N4O2/c1-29-15-18(17-7-2-5-10-21(17)29)23(33)31-12-6-11-30(13-14-31)16-22(32)28-20-9-4-3-8-19(20)24(25,26)27/h2-5,7-10,15H,6,11-14,16H2,1H3,(H,28,32). The number of aryl methyl sites for hydroxylation is 1. The fraction of sp³-hybridized carbons (Fsp3) is 0.333. The number of rotatable bonds is 4. The summed E-state index contributed by atoms with van der Waals surface area (Å²) in [5.74, 6) is -0.572. The summed E-state index contributed by atoms with van der Waals surface area (Å²) in [4.78, 5) is 29.3. The maximum Gasteiger partial charge on any atom is 0.418 e. The molecule has 0 unspecified atom stereocenters. The number of nitrogens with one attached hydrogen (secondary N) is 1. The van der Waals surface area contributed by atoms with Gasteiger partial charge < -0.3 is 14.8 Å². The maximum absolute atomic E-state index is 13.2. The lowest BCUT2D eigenvalue weighted by Gasteiger charge is -2.22. The molecule has 0 atom stereocenters. The number of hydrogen-bond acceptors (Lipinski definition) is 3. The van der Waals surface area contributed by atoms with E-state index < -0.39 is 17.6 Å². The molecule has 1 N–H and O–H groups in total. The maximum atomic E-state index is 13.2. The molecule has 0 bridgehead atoms. The number of carbonyl (C=O) groups excluding carboxylic acids is 2. The number of amides is 2. The molecule has 9 heteroatoms. The van der Waals surface area contributed by atoms with Crippen LogP contribution >= 0.6 is 0 Å². The van der Waals surface area contributed by atoms with E-state index in [2.05, 4.69) is 5.32 Å². The molecule has 1 aliphatic rings. The van der Waals surface area contributed by atoms with Gasteiger partial charge in [0.2, 0.25) is 5.91 Å². The van der Waals surface area contributed by atoms with Crippen molar-refractivity contribution in [3.63, 3.8) is 0 Å². The summed E-state index contributed by atoms with van der Waals surface area (Å²) in [6, 6.07) is 12.6. The Labute approximate surface area is 189 Å². The first kappa shape index (κ1) is 22.8. The van der Waals surface area contributed by atoms with Gasteiger partial charge in [0.05, 0.1) is 23.4 Å². The molecule has 2 heterocycles. The van der Waals surface area contributed by atoms with E-state index in [1.54, 1.807) is 4.90 Å². The molecule has 174 valence electrons. The predicted octanol–water partition coefficient (Wildman–Crippen LogP) is 3.98. The molecule has 0 radical (unpaired) electrons. The van der Waals surface area contributed by atoms with E-state index >= 15 is 0 Å². The van der Waals surface area contributed by atoms with Crippen molar-refractivity contribution in [2.75, 3.05) is 38.0 Å². The molecule has 1 aromatic heterocycles. The van der Waals surface area contributed by atoms with Crippen LogP contribution in [0.25, 0.3) is 10.9 Å². The first-order valence-electron chi connectivity index (χ1n) is 10.8. The molecule has 0 aliphatic carbocycles. The van der Waals surface area contributed by atoms with Crippen LogP contribution < -0.4 is 5.32 Å². The van der Waals surface area contributed by atoms with Gasteiger partial charge in [-0.15, -0.1) is 0 Å². The van der Waals surface area contributed by atoms with Gasteiger partial charge in [-0.25, -0.2) is 0 Å². The quantitative estimate of drug-likeness (QED) is 0.644. The van der Waals surface area contributed by atoms with Crippen LogP contribution in [-0.2, 0) is 18.0 Å². The van der Waals surface area contributed by atoms with Gasteiger partial charge in [-0.1, -0.05) is 30.3 Å². The second-order valence-electron chi connectivity index (χ2n) is 8.18. The monoisotopic (exact) mass is 458 g/mol. The van der Waals surface area contributed by atoms with Crippen molar-refractivity contribution in [2.24, 2.45) is 7.05 Å². The number of aromatic nitrogens is 1. The lowest BCUT2D eigenvalue weighted by Crippen LogP contribution is -2.38. The first-order chi connectivity index (χ1) is 15.7. The summed E-state index contributed by atoms with van der Waals surface area (Å²) >= 11 is 0. The topological polar surface area (TPSA) is 57.6 Å². The average Bonchev–Trinajstić information content (AvgIpc) is 2.94. The van der Waals surface area contributed by atoms with Gasteiger partial charge in [-0.05, 0) is 24.6 Å². The van der Waals surface area contributed by atoms with Crippen molar-refractivity contribution in [2.45, 2.75) is 12.6 Å². The Balaban J connectivity index is 1.39. The summed E-state index contributed by atoms with van der Waals surface area (Å²) < 4.78 is 41.4. The van der Waals surface area contributed by atoms with Crippen LogP contribution in [0.5, 0.6) is 0 Å². The van der Waals surface area contributed by atoms with E-state index in [1.807, 2.05) is 47.0 Å². The van der Waals surface area contributed by atoms with Crippen LogP contribution in [0.4, 0.5) is 18.9 Å². The summed E-state index contributed by atoms with van der Waals surface area (Å²) in [5.41, 5.74) is 0.495. The van der Waals surface area contributed by atoms with Gasteiger partial charge in [0.25, 0.3) is 5.91 Å². The third-order valence-corrected chi connectivity index (χ3v) is 5.88. The number of nitrogens with zero attached hydrogens (tertiary/aromatic N) is 3. The molecule has 0 spiro atoms. The lowest BCUT2D eigenvalue weighted by molar-refractivity contribution is -0.137. The second-order valence-corrected chi connectivity index (χ2v) is 8.18. The molecule has 1 saturated heterocycles. The van der Waals surface area contributed by atoms with Gasteiger partial charge in [-0.3, -0.25) is 14.5 Å². The Morgan fingerprint density at radius 3 is 2.48 bits per heavy atom. The zero-order valence-electron chi connectivity index (χ0n) is 18.2. The molecule has 33 heavy (non-hydrogen) atoms. The third-order valence-electron chi connectivity index (χ3n) is 5.88. The fourth-order valence-corrected chi connectivity index (χ4v) is 4.25. The molecule has 4 rings (SSSR count). The van der Waals surface area contributed by atoms with E-state index in [-0.39, 0.29) is 18.1 Å². The minimum absolute atomic E-state index is 0.0392. The largest absolute Gasteiger partial charge is 0.418 e. The van der Waals surface area contributed by atoms with Gasteiger partial charge in [0, 0.05) is 50.3 Å². The van der Waals surface area contributed by atoms with E-state index in [0.29, 0.717) is 38.2 Å². The van der Waals surface area contributed by atoms with Crippen molar-refractivity contribution in [3.8, 4) is 0 Å². The summed E-state index contributed by atoms with van der Waals surface area (Å²) in [5, 5.41) is 3.28. The van der Waals surface area contributed by atoms with E-state index in [4.69, 9.17) is 0 Å². The number of benzene rings is 2. The average molecular weight is 458 g/mol. The molecular weight excluding hydrogens is 433 g/mol. The van der Waals surface area contributed by atoms with Crippen LogP contribution in [-0.4, -0.2) is 58.9 Å². The Hall–Kier alpha value is -3.33. The molecule has 0 saturated carbocycles. The number of halogens is 3. The number of para-hydroxylation sites is 2. The predicted molar refractivity (Wildman–Crippen MR) is 120 cm³/mol. The summed E-state index contributed by atoms with van der Waals surface area (Å²) in [7, 11) is 1.90. The van der Waals surface area contributed by atoms with E-state index in [9.17, 15) is 22.8 Å². The van der Waals surface area contributed by atoms with E-state index in [1.165, 1.54) is 18.2 Å². The first-order valence-corrected chi connectivity index (χ1v) is 10.8. The zero-order valence-corrected chi connectivity index (χ0v) is 18.2. The zero-order chi connectivity index (χ0) is 23.6. The Kier molecular flexibility index (Phi) is 6.42. The van der Waals surface area contributed by atoms with Gasteiger partial charge >= 0.3 is 6.18 Å². The number of hydrogen-bond donors (Lipinski definition) is 1. The van der Waals surface area contributed by atoms with Gasteiger partial charge in [-0.2, -0.15) is 13.2 Å². The number of anilines is 1. The van der Waals surface area contributed by atoms with Crippen LogP contribution in [0, 0.1) is 0 Å². The normalized spacial score (nSPS) is 15.5. The highest BCUT2D eigenvalue weighted by Gasteiger charge is 2.33. The van der Waals surface area contributed by atoms with Crippen molar-refractivity contribution < 1.29 is 22.8 Å². The smallest absolute Gasteiger partial charge is 0.350 e. The molecule has 2 aromatic carbocycles. The Morgan fingerprint density at radius 1 is 0.970 bits per heavy atom. The molecule has 6 nitrogen and oxygen atoms in total. The van der Waals surface area contributed by atoms with Crippen LogP contribution in [0.2, 0.25) is 0 Å². The highest BCUT2D eigenvalue weighted by atomic mass is 19.4. The SMILES string of the molecule is Cn1cc(C(=O)N2CCCN(CC(=O)Nc3ccccc3C(F)(F)F)CC2)c2ccccc21. The minimum Gasteiger partial charge on any atom is -0.350 e. The Bertz CT molecular complexity index is 1170. The summed E-state index contributed by atoms with van der Waals surface area (Å²) in [6.45, 7) is 1.99.